The van der Waals surface area contributed by atoms with Gasteiger partial charge in [0, 0.05) is 6.42 Å². The molecule has 132 valence electrons. The smallest absolute Gasteiger partial charge is 0.155 e. The van der Waals surface area contributed by atoms with Gasteiger partial charge in [0.05, 0.1) is 11.5 Å². The van der Waals surface area contributed by atoms with Crippen LogP contribution in [0.2, 0.25) is 0 Å². The van der Waals surface area contributed by atoms with E-state index in [0.29, 0.717) is 17.6 Å². The predicted octanol–water partition coefficient (Wildman–Crippen LogP) is 4.76. The van der Waals surface area contributed by atoms with Crippen LogP contribution in [0.3, 0.4) is 0 Å². The second-order valence-electron chi connectivity index (χ2n) is 11.0. The van der Waals surface area contributed by atoms with Gasteiger partial charge in [0.15, 0.2) is 5.78 Å². The van der Waals surface area contributed by atoms with Gasteiger partial charge < -0.3 is 0 Å². The van der Waals surface area contributed by atoms with E-state index in [4.69, 9.17) is 0 Å². The standard InChI is InChI=1S/C23H29NO/c1-21-6-4-12(25)8-17(21)13-9-14(13)19-16(21)5-7-22(2)20(19)15-10-18(15)23(22,3)11-24/h8,13-16,18-20H,4-7,9-10H2,1-3H3/t13-,14+,15-,16+,18+,19-,20+,21-,22+,23+/m1/s1. The Kier molecular flexibility index (Phi) is 2.45. The van der Waals surface area contributed by atoms with Gasteiger partial charge in [-0.25, -0.2) is 0 Å². The number of nitrogens with zero attached hydrogens (tertiary/aromatic N) is 1. The van der Waals surface area contributed by atoms with E-state index in [0.717, 1.165) is 42.4 Å². The van der Waals surface area contributed by atoms with E-state index < -0.39 is 0 Å². The van der Waals surface area contributed by atoms with Crippen LogP contribution < -0.4 is 0 Å². The SMILES string of the molecule is C[C@]12CCC(=O)C=C1[C@@H]1C[C@@H]1[C@H]1[C@@H]3[C@@H]4C[C@@H]4[C@](C)(C#N)[C@@]3(C)CC[C@@H]12. The molecule has 5 fully saturated rings. The Balaban J connectivity index is 1.47. The molecular weight excluding hydrogens is 306 g/mol. The lowest BCUT2D eigenvalue weighted by Crippen LogP contribution is -2.54. The Hall–Kier alpha value is -1.10. The highest BCUT2D eigenvalue weighted by atomic mass is 16.1. The zero-order valence-electron chi connectivity index (χ0n) is 15.7. The van der Waals surface area contributed by atoms with Crippen molar-refractivity contribution in [3.8, 4) is 6.07 Å². The summed E-state index contributed by atoms with van der Waals surface area (Å²) < 4.78 is 0. The summed E-state index contributed by atoms with van der Waals surface area (Å²) >= 11 is 0. The number of allylic oxidation sites excluding steroid dienone is 1. The third-order valence-electron chi connectivity index (χ3n) is 10.5. The highest BCUT2D eigenvalue weighted by Crippen LogP contribution is 2.82. The summed E-state index contributed by atoms with van der Waals surface area (Å²) in [6, 6.07) is 2.81. The Bertz CT molecular complexity index is 775. The van der Waals surface area contributed by atoms with Crippen LogP contribution in [0.5, 0.6) is 0 Å². The van der Waals surface area contributed by atoms with Crippen molar-refractivity contribution in [1.29, 1.82) is 5.26 Å². The summed E-state index contributed by atoms with van der Waals surface area (Å²) in [7, 11) is 0. The lowest BCUT2D eigenvalue weighted by molar-refractivity contribution is -0.118. The highest BCUT2D eigenvalue weighted by molar-refractivity contribution is 5.92. The molecule has 0 unspecified atom stereocenters. The first-order valence-electron chi connectivity index (χ1n) is 10.5. The molecule has 0 saturated heterocycles. The number of carbonyl (C=O) groups excluding carboxylic acids is 1. The number of hydrogen-bond acceptors (Lipinski definition) is 2. The molecule has 5 saturated carbocycles. The molecule has 0 radical (unpaired) electrons. The van der Waals surface area contributed by atoms with E-state index in [1.807, 2.05) is 0 Å². The molecule has 25 heavy (non-hydrogen) atoms. The van der Waals surface area contributed by atoms with Gasteiger partial charge in [-0.05, 0) is 97.4 Å². The average Bonchev–Trinajstić information content (AvgIpc) is 3.48. The van der Waals surface area contributed by atoms with Crippen molar-refractivity contribution >= 4 is 5.78 Å². The third kappa shape index (κ3) is 1.46. The van der Waals surface area contributed by atoms with Crippen molar-refractivity contribution in [3.63, 3.8) is 0 Å². The minimum atomic E-state index is -0.1000. The van der Waals surface area contributed by atoms with Crippen LogP contribution in [0.15, 0.2) is 11.6 Å². The molecule has 0 heterocycles. The van der Waals surface area contributed by atoms with Crippen LogP contribution in [-0.4, -0.2) is 5.78 Å². The van der Waals surface area contributed by atoms with Crippen molar-refractivity contribution in [1.82, 2.24) is 0 Å². The van der Waals surface area contributed by atoms with Crippen molar-refractivity contribution in [2.75, 3.05) is 0 Å². The first-order chi connectivity index (χ1) is 11.8. The van der Waals surface area contributed by atoms with Gasteiger partial charge in [0.2, 0.25) is 0 Å². The highest BCUT2D eigenvalue weighted by Gasteiger charge is 2.77. The summed E-state index contributed by atoms with van der Waals surface area (Å²) in [5, 5.41) is 10.1. The molecule has 2 nitrogen and oxygen atoms in total. The Labute approximate surface area is 151 Å². The molecule has 0 amide bonds. The number of nitriles is 1. The average molecular weight is 335 g/mol. The fraction of sp³-hybridized carbons (Fsp3) is 0.826. The summed E-state index contributed by atoms with van der Waals surface area (Å²) in [6.45, 7) is 7.25. The van der Waals surface area contributed by atoms with E-state index in [2.05, 4.69) is 32.9 Å². The number of ketones is 1. The molecule has 6 aliphatic carbocycles. The Morgan fingerprint density at radius 1 is 1.12 bits per heavy atom. The molecule has 0 N–H and O–H groups in total. The molecule has 0 aromatic rings. The molecule has 0 spiro atoms. The summed E-state index contributed by atoms with van der Waals surface area (Å²) in [5.41, 5.74) is 1.93. The van der Waals surface area contributed by atoms with E-state index in [1.54, 1.807) is 0 Å². The van der Waals surface area contributed by atoms with Gasteiger partial charge in [0.25, 0.3) is 0 Å². The first kappa shape index (κ1) is 15.0. The largest absolute Gasteiger partial charge is 0.295 e. The first-order valence-corrected chi connectivity index (χ1v) is 10.5. The van der Waals surface area contributed by atoms with Crippen LogP contribution in [0, 0.1) is 69.0 Å². The van der Waals surface area contributed by atoms with Gasteiger partial charge >= 0.3 is 0 Å². The van der Waals surface area contributed by atoms with Gasteiger partial charge in [-0.3, -0.25) is 4.79 Å². The maximum Gasteiger partial charge on any atom is 0.155 e. The van der Waals surface area contributed by atoms with Crippen molar-refractivity contribution in [2.24, 2.45) is 57.7 Å². The molecule has 10 atom stereocenters. The fourth-order valence-corrected chi connectivity index (χ4v) is 8.94. The maximum atomic E-state index is 12.1. The zero-order chi connectivity index (χ0) is 17.4. The normalized spacial score (nSPS) is 63.2. The number of fused-ring (bicyclic) bond motifs is 10. The minimum Gasteiger partial charge on any atom is -0.295 e. The second-order valence-corrected chi connectivity index (χ2v) is 11.0. The lowest BCUT2D eigenvalue weighted by Gasteiger charge is -2.59. The fourth-order valence-electron chi connectivity index (χ4n) is 8.94. The molecule has 0 aliphatic heterocycles. The van der Waals surface area contributed by atoms with E-state index in [9.17, 15) is 10.1 Å². The summed E-state index contributed by atoms with van der Waals surface area (Å²) in [6.07, 6.45) is 9.03. The van der Waals surface area contributed by atoms with Gasteiger partial charge in [-0.1, -0.05) is 19.4 Å². The third-order valence-corrected chi connectivity index (χ3v) is 10.5. The van der Waals surface area contributed by atoms with Crippen LogP contribution in [0.25, 0.3) is 0 Å². The van der Waals surface area contributed by atoms with Crippen molar-refractivity contribution in [2.45, 2.75) is 59.3 Å². The van der Waals surface area contributed by atoms with E-state index >= 15 is 0 Å². The number of hydrogen-bond donors (Lipinski definition) is 0. The van der Waals surface area contributed by atoms with Crippen LogP contribution >= 0.6 is 0 Å². The molecule has 6 rings (SSSR count). The molecule has 0 aromatic carbocycles. The Morgan fingerprint density at radius 2 is 1.92 bits per heavy atom. The molecule has 6 aliphatic rings. The molecule has 2 heteroatoms. The second kappa shape index (κ2) is 4.08. The predicted molar refractivity (Wildman–Crippen MR) is 95.2 cm³/mol. The van der Waals surface area contributed by atoms with Crippen molar-refractivity contribution < 1.29 is 4.79 Å². The lowest BCUT2D eigenvalue weighted by atomic mass is 9.44. The van der Waals surface area contributed by atoms with Crippen LogP contribution in [-0.2, 0) is 4.79 Å². The van der Waals surface area contributed by atoms with E-state index in [1.165, 1.54) is 31.3 Å². The number of rotatable bonds is 0. The molecule has 0 aromatic heterocycles. The zero-order valence-corrected chi connectivity index (χ0v) is 15.7. The van der Waals surface area contributed by atoms with Crippen LogP contribution in [0.4, 0.5) is 0 Å². The van der Waals surface area contributed by atoms with Crippen molar-refractivity contribution in [3.05, 3.63) is 11.6 Å². The molecular formula is C23H29NO. The topological polar surface area (TPSA) is 40.9 Å². The quantitative estimate of drug-likeness (QED) is 0.640. The minimum absolute atomic E-state index is 0.1000. The number of carbonyl (C=O) groups is 1. The Morgan fingerprint density at radius 3 is 2.68 bits per heavy atom. The molecule has 0 bridgehead atoms. The van der Waals surface area contributed by atoms with Gasteiger partial charge in [-0.2, -0.15) is 5.26 Å². The van der Waals surface area contributed by atoms with Crippen LogP contribution in [0.1, 0.15) is 59.3 Å². The maximum absolute atomic E-state index is 12.1. The summed E-state index contributed by atoms with van der Waals surface area (Å²) in [4.78, 5) is 12.1. The van der Waals surface area contributed by atoms with Gasteiger partial charge in [0.1, 0.15) is 0 Å². The van der Waals surface area contributed by atoms with E-state index in [-0.39, 0.29) is 16.2 Å². The van der Waals surface area contributed by atoms with Gasteiger partial charge in [-0.15, -0.1) is 0 Å². The summed E-state index contributed by atoms with van der Waals surface area (Å²) in [5.74, 6) is 5.74. The monoisotopic (exact) mass is 335 g/mol.